The van der Waals surface area contributed by atoms with E-state index in [-0.39, 0.29) is 22.4 Å². The summed E-state index contributed by atoms with van der Waals surface area (Å²) < 4.78 is 30.5. The maximum absolute atomic E-state index is 12.5. The number of rotatable bonds is 6. The van der Waals surface area contributed by atoms with Crippen LogP contribution in [0, 0.1) is 0 Å². The number of sulfonamides is 1. The first-order chi connectivity index (χ1) is 11.7. The van der Waals surface area contributed by atoms with Gasteiger partial charge in [0.2, 0.25) is 10.0 Å². The SMILES string of the molecule is CC(C)Oc1ccccc1NC(=O)c1ccc(NS(C)(=O)=O)cc1Cl. The number of nitrogens with one attached hydrogen (secondary N) is 2. The molecule has 0 atom stereocenters. The summed E-state index contributed by atoms with van der Waals surface area (Å²) in [5.41, 5.74) is 1.03. The van der Waals surface area contributed by atoms with Crippen LogP contribution in [0.5, 0.6) is 5.75 Å². The first kappa shape index (κ1) is 19.1. The van der Waals surface area contributed by atoms with Crippen LogP contribution in [-0.2, 0) is 10.0 Å². The van der Waals surface area contributed by atoms with Crippen LogP contribution in [0.3, 0.4) is 0 Å². The minimum Gasteiger partial charge on any atom is -0.489 e. The Hall–Kier alpha value is -2.25. The summed E-state index contributed by atoms with van der Waals surface area (Å²) in [5, 5.41) is 2.89. The van der Waals surface area contributed by atoms with Gasteiger partial charge in [-0.3, -0.25) is 9.52 Å². The van der Waals surface area contributed by atoms with E-state index in [1.54, 1.807) is 18.2 Å². The zero-order valence-electron chi connectivity index (χ0n) is 14.0. The van der Waals surface area contributed by atoms with Crippen LogP contribution in [-0.4, -0.2) is 26.7 Å². The second kappa shape index (κ2) is 7.76. The Bertz CT molecular complexity index is 882. The third-order valence-corrected chi connectivity index (χ3v) is 3.93. The lowest BCUT2D eigenvalue weighted by atomic mass is 10.2. The molecule has 0 saturated carbocycles. The van der Waals surface area contributed by atoms with Crippen molar-refractivity contribution < 1.29 is 17.9 Å². The predicted molar refractivity (Wildman–Crippen MR) is 100 cm³/mol. The third-order valence-electron chi connectivity index (χ3n) is 3.01. The molecule has 0 aliphatic heterocycles. The van der Waals surface area contributed by atoms with Crippen molar-refractivity contribution in [2.24, 2.45) is 0 Å². The highest BCUT2D eigenvalue weighted by Crippen LogP contribution is 2.27. The molecule has 0 heterocycles. The molecule has 2 aromatic rings. The molecule has 8 heteroatoms. The second-order valence-electron chi connectivity index (χ2n) is 5.69. The van der Waals surface area contributed by atoms with Crippen molar-refractivity contribution in [2.45, 2.75) is 20.0 Å². The van der Waals surface area contributed by atoms with E-state index < -0.39 is 15.9 Å². The number of amides is 1. The number of hydrogen-bond donors (Lipinski definition) is 2. The third kappa shape index (κ3) is 5.65. The van der Waals surface area contributed by atoms with E-state index in [1.807, 2.05) is 19.9 Å². The van der Waals surface area contributed by atoms with Gasteiger partial charge in [-0.25, -0.2) is 8.42 Å². The molecule has 0 saturated heterocycles. The molecule has 2 aromatic carbocycles. The van der Waals surface area contributed by atoms with Crippen LogP contribution in [0.1, 0.15) is 24.2 Å². The molecule has 134 valence electrons. The van der Waals surface area contributed by atoms with Crippen molar-refractivity contribution in [3.8, 4) is 5.75 Å². The molecule has 0 aliphatic rings. The largest absolute Gasteiger partial charge is 0.489 e. The zero-order chi connectivity index (χ0) is 18.6. The summed E-state index contributed by atoms with van der Waals surface area (Å²) >= 11 is 6.12. The van der Waals surface area contributed by atoms with Crippen molar-refractivity contribution >= 4 is 38.9 Å². The lowest BCUT2D eigenvalue weighted by Gasteiger charge is -2.15. The van der Waals surface area contributed by atoms with Gasteiger partial charge in [0.15, 0.2) is 0 Å². The fourth-order valence-electron chi connectivity index (χ4n) is 2.09. The molecular weight excluding hydrogens is 364 g/mol. The van der Waals surface area contributed by atoms with Gasteiger partial charge in [-0.1, -0.05) is 23.7 Å². The number of para-hydroxylation sites is 2. The van der Waals surface area contributed by atoms with Crippen molar-refractivity contribution in [2.75, 3.05) is 16.3 Å². The lowest BCUT2D eigenvalue weighted by Crippen LogP contribution is -2.15. The summed E-state index contributed by atoms with van der Waals surface area (Å²) in [5.74, 6) is 0.132. The Morgan fingerprint density at radius 3 is 2.44 bits per heavy atom. The molecule has 0 bridgehead atoms. The van der Waals surface area contributed by atoms with Gasteiger partial charge in [-0.2, -0.15) is 0 Å². The standard InChI is InChI=1S/C17H19ClN2O4S/c1-11(2)24-16-7-5-4-6-15(16)19-17(21)13-9-8-12(10-14(13)18)20-25(3,22)23/h4-11,20H,1-3H3,(H,19,21). The van der Waals surface area contributed by atoms with Crippen LogP contribution < -0.4 is 14.8 Å². The van der Waals surface area contributed by atoms with E-state index >= 15 is 0 Å². The van der Waals surface area contributed by atoms with Gasteiger partial charge >= 0.3 is 0 Å². The van der Waals surface area contributed by atoms with Crippen LogP contribution in [0.4, 0.5) is 11.4 Å². The summed E-state index contributed by atoms with van der Waals surface area (Å²) in [6.45, 7) is 3.78. The molecule has 0 aliphatic carbocycles. The molecule has 0 aromatic heterocycles. The highest BCUT2D eigenvalue weighted by atomic mass is 35.5. The first-order valence-electron chi connectivity index (χ1n) is 7.50. The quantitative estimate of drug-likeness (QED) is 0.796. The van der Waals surface area contributed by atoms with Crippen molar-refractivity contribution in [3.63, 3.8) is 0 Å². The number of anilines is 2. The molecular formula is C17H19ClN2O4S. The summed E-state index contributed by atoms with van der Waals surface area (Å²) in [4.78, 5) is 12.5. The number of carbonyl (C=O) groups is 1. The Labute approximate surface area is 152 Å². The van der Waals surface area contributed by atoms with Gasteiger partial charge in [0.1, 0.15) is 5.75 Å². The van der Waals surface area contributed by atoms with E-state index in [1.165, 1.54) is 18.2 Å². The number of hydrogen-bond acceptors (Lipinski definition) is 4. The Balaban J connectivity index is 2.22. The highest BCUT2D eigenvalue weighted by Gasteiger charge is 2.14. The molecule has 0 radical (unpaired) electrons. The van der Waals surface area contributed by atoms with E-state index in [4.69, 9.17) is 16.3 Å². The van der Waals surface area contributed by atoms with E-state index in [0.717, 1.165) is 6.26 Å². The fourth-order valence-corrected chi connectivity index (χ4v) is 2.91. The molecule has 0 spiro atoms. The van der Waals surface area contributed by atoms with E-state index in [9.17, 15) is 13.2 Å². The minimum atomic E-state index is -3.42. The van der Waals surface area contributed by atoms with Gasteiger partial charge in [0, 0.05) is 5.69 Å². The van der Waals surface area contributed by atoms with Crippen molar-refractivity contribution in [3.05, 3.63) is 53.1 Å². The maximum Gasteiger partial charge on any atom is 0.257 e. The van der Waals surface area contributed by atoms with Gasteiger partial charge in [0.25, 0.3) is 5.91 Å². The van der Waals surface area contributed by atoms with E-state index in [0.29, 0.717) is 11.4 Å². The number of carbonyl (C=O) groups excluding carboxylic acids is 1. The average Bonchev–Trinajstić information content (AvgIpc) is 2.47. The van der Waals surface area contributed by atoms with Gasteiger partial charge < -0.3 is 10.1 Å². The molecule has 6 nitrogen and oxygen atoms in total. The second-order valence-corrected chi connectivity index (χ2v) is 7.84. The van der Waals surface area contributed by atoms with Gasteiger partial charge in [-0.15, -0.1) is 0 Å². The highest BCUT2D eigenvalue weighted by molar-refractivity contribution is 7.92. The summed E-state index contributed by atoms with van der Waals surface area (Å²) in [7, 11) is -3.42. The Morgan fingerprint density at radius 1 is 1.16 bits per heavy atom. The molecule has 0 unspecified atom stereocenters. The molecule has 2 N–H and O–H groups in total. The normalized spacial score (nSPS) is 11.2. The van der Waals surface area contributed by atoms with Crippen LogP contribution >= 0.6 is 11.6 Å². The topological polar surface area (TPSA) is 84.5 Å². The molecule has 25 heavy (non-hydrogen) atoms. The van der Waals surface area contributed by atoms with E-state index in [2.05, 4.69) is 10.0 Å². The zero-order valence-corrected chi connectivity index (χ0v) is 15.6. The number of halogens is 1. The summed E-state index contributed by atoms with van der Waals surface area (Å²) in [6, 6.07) is 11.4. The minimum absolute atomic E-state index is 0.0389. The molecule has 1 amide bonds. The average molecular weight is 383 g/mol. The lowest BCUT2D eigenvalue weighted by molar-refractivity contribution is 0.102. The number of ether oxygens (including phenoxy) is 1. The van der Waals surface area contributed by atoms with Gasteiger partial charge in [0.05, 0.1) is 28.6 Å². The molecule has 2 rings (SSSR count). The van der Waals surface area contributed by atoms with Crippen LogP contribution in [0.2, 0.25) is 5.02 Å². The Morgan fingerprint density at radius 2 is 1.84 bits per heavy atom. The van der Waals surface area contributed by atoms with Gasteiger partial charge in [-0.05, 0) is 44.2 Å². The first-order valence-corrected chi connectivity index (χ1v) is 9.77. The Kier molecular flexibility index (Phi) is 5.92. The van der Waals surface area contributed by atoms with Crippen LogP contribution in [0.15, 0.2) is 42.5 Å². The maximum atomic E-state index is 12.5. The smallest absolute Gasteiger partial charge is 0.257 e. The monoisotopic (exact) mass is 382 g/mol. The predicted octanol–water partition coefficient (Wildman–Crippen LogP) is 3.75. The fraction of sp³-hybridized carbons (Fsp3) is 0.235. The van der Waals surface area contributed by atoms with Crippen molar-refractivity contribution in [1.29, 1.82) is 0 Å². The number of benzene rings is 2. The van der Waals surface area contributed by atoms with Crippen LogP contribution in [0.25, 0.3) is 0 Å². The summed E-state index contributed by atoms with van der Waals surface area (Å²) in [6.07, 6.45) is 0.996. The molecule has 0 fully saturated rings. The van der Waals surface area contributed by atoms with Crippen molar-refractivity contribution in [1.82, 2.24) is 0 Å².